The van der Waals surface area contributed by atoms with E-state index in [4.69, 9.17) is 0 Å². The van der Waals surface area contributed by atoms with Crippen LogP contribution in [0.25, 0.3) is 0 Å². The smallest absolute Gasteiger partial charge is 0.128 e. The van der Waals surface area contributed by atoms with E-state index < -0.39 is 0 Å². The molecule has 0 aliphatic carbocycles. The lowest BCUT2D eigenvalue weighted by atomic mass is 10.3. The van der Waals surface area contributed by atoms with E-state index in [1.807, 2.05) is 11.7 Å². The van der Waals surface area contributed by atoms with E-state index in [9.17, 15) is 0 Å². The molecule has 2 heteroatoms. The Hall–Kier alpha value is -0.400. The highest BCUT2D eigenvalue weighted by Crippen LogP contribution is 2.03. The number of rotatable bonds is 0. The Balaban J connectivity index is 2.54. The first kappa shape index (κ1) is 4.75. The van der Waals surface area contributed by atoms with Gasteiger partial charge in [0, 0.05) is 6.42 Å². The van der Waals surface area contributed by atoms with Crippen LogP contribution < -0.4 is 0 Å². The van der Waals surface area contributed by atoms with Gasteiger partial charge < -0.3 is 0 Å². The fraction of sp³-hybridized carbons (Fsp3) is 1.00. The summed E-state index contributed by atoms with van der Waals surface area (Å²) in [5.41, 5.74) is 0. The minimum Gasteiger partial charge on any atom is -0.128 e. The average Bonchev–Trinajstić information content (AvgIpc) is 1.91. The van der Waals surface area contributed by atoms with Gasteiger partial charge in [-0.15, -0.1) is 4.70 Å². The van der Waals surface area contributed by atoms with Crippen LogP contribution >= 0.6 is 0 Å². The van der Waals surface area contributed by atoms with Gasteiger partial charge in [-0.2, -0.15) is 0 Å². The maximum atomic E-state index is 4.15. The molecule has 2 nitrogen and oxygen atoms in total. The second kappa shape index (κ2) is 1.60. The molecule has 0 N–H and O–H groups in total. The molecular formula is C5H11N2+. The van der Waals surface area contributed by atoms with E-state index in [-0.39, 0.29) is 0 Å². The molecule has 0 aromatic carbocycles. The van der Waals surface area contributed by atoms with Gasteiger partial charge in [-0.1, -0.05) is 0 Å². The van der Waals surface area contributed by atoms with Gasteiger partial charge in [0.05, 0.1) is 0 Å². The Labute approximate surface area is 43.8 Å². The van der Waals surface area contributed by atoms with Gasteiger partial charge in [-0.25, -0.2) is 0 Å². The molecule has 0 radical (unpaired) electrons. The molecule has 0 saturated heterocycles. The number of azo groups is 2. The maximum absolute atomic E-state index is 4.15. The molecular weight excluding hydrogens is 88.1 g/mol. The van der Waals surface area contributed by atoms with Crippen molar-refractivity contribution in [2.45, 2.75) is 19.4 Å². The van der Waals surface area contributed by atoms with Crippen molar-refractivity contribution in [1.82, 2.24) is 0 Å². The van der Waals surface area contributed by atoms with Gasteiger partial charge in [0.15, 0.2) is 13.1 Å². The monoisotopic (exact) mass is 99.1 g/mol. The molecule has 1 unspecified atom stereocenters. The van der Waals surface area contributed by atoms with Crippen LogP contribution in [0.2, 0.25) is 0 Å². The van der Waals surface area contributed by atoms with Crippen LogP contribution in [-0.2, 0) is 0 Å². The number of hydrogen-bond donors (Lipinski definition) is 0. The number of nitrogens with zero attached hydrogens (tertiary/aromatic N) is 2. The molecule has 1 atom stereocenters. The third-order valence-electron chi connectivity index (χ3n) is 1.51. The summed E-state index contributed by atoms with van der Waals surface area (Å²) in [6, 6.07) is 0.681. The Morgan fingerprint density at radius 2 is 2.43 bits per heavy atom. The fourth-order valence-corrected chi connectivity index (χ4v) is 0.729. The normalized spacial score (nSPS) is 30.6. The lowest BCUT2D eigenvalue weighted by Crippen LogP contribution is -2.10. The van der Waals surface area contributed by atoms with Crippen molar-refractivity contribution >= 4 is 0 Å². The van der Waals surface area contributed by atoms with Crippen LogP contribution in [0.3, 0.4) is 0 Å². The zero-order valence-corrected chi connectivity index (χ0v) is 4.89. The van der Waals surface area contributed by atoms with Crippen LogP contribution in [0.5, 0.6) is 0 Å². The van der Waals surface area contributed by atoms with Crippen molar-refractivity contribution in [3.8, 4) is 0 Å². The molecule has 1 aliphatic rings. The first-order chi connectivity index (χ1) is 3.30. The molecule has 1 rings (SSSR count). The van der Waals surface area contributed by atoms with Crippen LogP contribution in [0.4, 0.5) is 0 Å². The SMILES string of the molecule is CC1CCN=[N+]1C. The highest BCUT2D eigenvalue weighted by atomic mass is 15.3. The Bertz CT molecular complexity index is 96.3. The Morgan fingerprint density at radius 1 is 1.71 bits per heavy atom. The van der Waals surface area contributed by atoms with E-state index in [2.05, 4.69) is 12.0 Å². The van der Waals surface area contributed by atoms with Gasteiger partial charge in [0.1, 0.15) is 6.54 Å². The van der Waals surface area contributed by atoms with Crippen LogP contribution in [-0.4, -0.2) is 24.3 Å². The third kappa shape index (κ3) is 0.787. The average molecular weight is 99.2 g/mol. The molecule has 40 valence electrons. The summed E-state index contributed by atoms with van der Waals surface area (Å²) in [5.74, 6) is 0. The first-order valence-electron chi connectivity index (χ1n) is 2.71. The van der Waals surface area contributed by atoms with E-state index in [1.165, 1.54) is 6.42 Å². The highest BCUT2D eigenvalue weighted by Gasteiger charge is 2.17. The standard InChI is InChI=1S/C5H11N2/c1-5-3-4-6-7(5)2/h5H,3-4H2,1-2H3/q+1. The van der Waals surface area contributed by atoms with Crippen molar-refractivity contribution in [1.29, 1.82) is 0 Å². The fourth-order valence-electron chi connectivity index (χ4n) is 0.729. The van der Waals surface area contributed by atoms with Gasteiger partial charge in [-0.05, 0) is 12.0 Å². The summed E-state index contributed by atoms with van der Waals surface area (Å²) in [7, 11) is 2.03. The van der Waals surface area contributed by atoms with E-state index in [0.29, 0.717) is 6.04 Å². The van der Waals surface area contributed by atoms with Crippen LogP contribution in [0.1, 0.15) is 13.3 Å². The van der Waals surface area contributed by atoms with Crippen LogP contribution in [0.15, 0.2) is 5.11 Å². The molecule has 1 heterocycles. The minimum absolute atomic E-state index is 0.681. The lowest BCUT2D eigenvalue weighted by molar-refractivity contribution is -0.584. The predicted octanol–water partition coefficient (Wildman–Crippen LogP) is 0.873. The van der Waals surface area contributed by atoms with Crippen molar-refractivity contribution in [2.24, 2.45) is 5.11 Å². The largest absolute Gasteiger partial charge is 0.176 e. The molecule has 0 saturated carbocycles. The van der Waals surface area contributed by atoms with Crippen molar-refractivity contribution < 1.29 is 4.70 Å². The second-order valence-electron chi connectivity index (χ2n) is 2.08. The molecule has 0 bridgehead atoms. The molecule has 0 aromatic rings. The highest BCUT2D eigenvalue weighted by molar-refractivity contribution is 4.51. The quantitative estimate of drug-likeness (QED) is 0.400. The minimum atomic E-state index is 0.681. The lowest BCUT2D eigenvalue weighted by Gasteiger charge is -1.89. The number of hydrogen-bond acceptors (Lipinski definition) is 1. The summed E-state index contributed by atoms with van der Waals surface area (Å²) in [6.45, 7) is 3.22. The van der Waals surface area contributed by atoms with E-state index >= 15 is 0 Å². The van der Waals surface area contributed by atoms with E-state index in [0.717, 1.165) is 6.54 Å². The molecule has 0 spiro atoms. The van der Waals surface area contributed by atoms with Gasteiger partial charge >= 0.3 is 0 Å². The van der Waals surface area contributed by atoms with Crippen molar-refractivity contribution in [2.75, 3.05) is 13.6 Å². The van der Waals surface area contributed by atoms with Gasteiger partial charge in [0.2, 0.25) is 0 Å². The van der Waals surface area contributed by atoms with Gasteiger partial charge in [0.25, 0.3) is 0 Å². The summed E-state index contributed by atoms with van der Waals surface area (Å²) < 4.78 is 2.03. The Kier molecular flexibility index (Phi) is 1.09. The Morgan fingerprint density at radius 3 is 2.57 bits per heavy atom. The molecule has 0 aromatic heterocycles. The zero-order valence-electron chi connectivity index (χ0n) is 4.89. The summed E-state index contributed by atoms with van der Waals surface area (Å²) in [4.78, 5) is 0. The predicted molar refractivity (Wildman–Crippen MR) is 27.6 cm³/mol. The maximum Gasteiger partial charge on any atom is 0.176 e. The van der Waals surface area contributed by atoms with Crippen molar-refractivity contribution in [3.05, 3.63) is 0 Å². The zero-order chi connectivity index (χ0) is 5.28. The van der Waals surface area contributed by atoms with Gasteiger partial charge in [-0.3, -0.25) is 0 Å². The van der Waals surface area contributed by atoms with E-state index in [1.54, 1.807) is 0 Å². The summed E-state index contributed by atoms with van der Waals surface area (Å²) in [5, 5.41) is 4.15. The molecule has 7 heavy (non-hydrogen) atoms. The molecule has 0 amide bonds. The third-order valence-corrected chi connectivity index (χ3v) is 1.51. The topological polar surface area (TPSA) is 15.4 Å². The molecule has 0 fully saturated rings. The molecule has 1 aliphatic heterocycles. The van der Waals surface area contributed by atoms with Crippen molar-refractivity contribution in [3.63, 3.8) is 0 Å². The summed E-state index contributed by atoms with van der Waals surface area (Å²) in [6.07, 6.45) is 1.23. The van der Waals surface area contributed by atoms with Crippen LogP contribution in [0, 0.1) is 0 Å². The second-order valence-corrected chi connectivity index (χ2v) is 2.08. The summed E-state index contributed by atoms with van der Waals surface area (Å²) >= 11 is 0. The first-order valence-corrected chi connectivity index (χ1v) is 2.71.